The molecule has 1 amide bonds. The zero-order valence-corrected chi connectivity index (χ0v) is 9.58. The highest BCUT2D eigenvalue weighted by Crippen LogP contribution is 2.23. The van der Waals surface area contributed by atoms with Crippen LogP contribution in [0.2, 0.25) is 0 Å². The first-order valence-electron chi connectivity index (χ1n) is 5.33. The molecule has 80 valence electrons. The van der Waals surface area contributed by atoms with Crippen LogP contribution in [-0.4, -0.2) is 23.4 Å². The van der Waals surface area contributed by atoms with Crippen LogP contribution in [0.1, 0.15) is 40.5 Å². The minimum atomic E-state index is -0.0191. The molecule has 2 atom stereocenters. The predicted molar refractivity (Wildman–Crippen MR) is 56.5 cm³/mol. The predicted octanol–water partition coefficient (Wildman–Crippen LogP) is 2.18. The number of hydrogen-bond acceptors (Lipinski definition) is 2. The van der Waals surface area contributed by atoms with Crippen molar-refractivity contribution in [2.24, 2.45) is 5.92 Å². The Balaban J connectivity index is 0.000000791. The highest BCUT2D eigenvalue weighted by atomic mass is 16.2. The van der Waals surface area contributed by atoms with Crippen LogP contribution in [0.15, 0.2) is 0 Å². The SMILES string of the molecule is CC.CC1CCN(C(=O)CC#N)C1C. The van der Waals surface area contributed by atoms with Gasteiger partial charge in [0.1, 0.15) is 6.42 Å². The van der Waals surface area contributed by atoms with Gasteiger partial charge in [-0.1, -0.05) is 20.8 Å². The third-order valence-electron chi connectivity index (χ3n) is 2.69. The fourth-order valence-electron chi connectivity index (χ4n) is 1.62. The van der Waals surface area contributed by atoms with Gasteiger partial charge in [0, 0.05) is 12.6 Å². The van der Waals surface area contributed by atoms with Crippen molar-refractivity contribution in [2.75, 3.05) is 6.54 Å². The van der Waals surface area contributed by atoms with E-state index in [1.54, 1.807) is 0 Å². The van der Waals surface area contributed by atoms with Crippen molar-refractivity contribution in [1.82, 2.24) is 4.90 Å². The molecule has 0 aromatic carbocycles. The number of carbonyl (C=O) groups is 1. The summed E-state index contributed by atoms with van der Waals surface area (Å²) < 4.78 is 0. The number of nitrogens with zero attached hydrogens (tertiary/aromatic N) is 2. The van der Waals surface area contributed by atoms with E-state index in [-0.39, 0.29) is 12.3 Å². The fourth-order valence-corrected chi connectivity index (χ4v) is 1.62. The Morgan fingerprint density at radius 2 is 2.07 bits per heavy atom. The molecule has 3 heteroatoms. The topological polar surface area (TPSA) is 44.1 Å². The monoisotopic (exact) mass is 196 g/mol. The second-order valence-electron chi connectivity index (χ2n) is 3.43. The molecule has 1 aliphatic heterocycles. The van der Waals surface area contributed by atoms with Gasteiger partial charge < -0.3 is 4.90 Å². The normalized spacial score (nSPS) is 24.9. The summed E-state index contributed by atoms with van der Waals surface area (Å²) in [5.41, 5.74) is 0. The number of rotatable bonds is 1. The van der Waals surface area contributed by atoms with E-state index in [0.29, 0.717) is 12.0 Å². The average Bonchev–Trinajstić information content (AvgIpc) is 2.51. The Hall–Kier alpha value is -1.04. The van der Waals surface area contributed by atoms with Crippen molar-refractivity contribution in [3.05, 3.63) is 0 Å². The summed E-state index contributed by atoms with van der Waals surface area (Å²) in [4.78, 5) is 13.1. The molecule has 0 radical (unpaired) electrons. The molecule has 0 N–H and O–H groups in total. The van der Waals surface area contributed by atoms with Crippen LogP contribution < -0.4 is 0 Å². The first-order valence-corrected chi connectivity index (χ1v) is 5.33. The maximum Gasteiger partial charge on any atom is 0.237 e. The Bertz CT molecular complexity index is 220. The fraction of sp³-hybridized carbons (Fsp3) is 0.818. The van der Waals surface area contributed by atoms with Crippen LogP contribution in [0.3, 0.4) is 0 Å². The van der Waals surface area contributed by atoms with E-state index in [0.717, 1.165) is 13.0 Å². The molecule has 0 aromatic rings. The molecule has 1 saturated heterocycles. The average molecular weight is 196 g/mol. The van der Waals surface area contributed by atoms with Gasteiger partial charge in [0.25, 0.3) is 0 Å². The van der Waals surface area contributed by atoms with Gasteiger partial charge >= 0.3 is 0 Å². The van der Waals surface area contributed by atoms with Crippen molar-refractivity contribution >= 4 is 5.91 Å². The van der Waals surface area contributed by atoms with Gasteiger partial charge in [0.15, 0.2) is 0 Å². The van der Waals surface area contributed by atoms with E-state index in [9.17, 15) is 4.79 Å². The quantitative estimate of drug-likeness (QED) is 0.645. The second kappa shape index (κ2) is 6.42. The molecule has 0 bridgehead atoms. The van der Waals surface area contributed by atoms with E-state index in [2.05, 4.69) is 6.92 Å². The Labute approximate surface area is 86.7 Å². The van der Waals surface area contributed by atoms with Gasteiger partial charge in [-0.3, -0.25) is 4.79 Å². The summed E-state index contributed by atoms with van der Waals surface area (Å²) >= 11 is 0. The summed E-state index contributed by atoms with van der Waals surface area (Å²) in [5.74, 6) is 0.557. The Morgan fingerprint density at radius 3 is 2.43 bits per heavy atom. The first-order chi connectivity index (χ1) is 6.66. The van der Waals surface area contributed by atoms with Crippen LogP contribution in [0.25, 0.3) is 0 Å². The molecule has 1 fully saturated rings. The Morgan fingerprint density at radius 1 is 1.50 bits per heavy atom. The minimum Gasteiger partial charge on any atom is -0.339 e. The van der Waals surface area contributed by atoms with E-state index in [1.807, 2.05) is 31.7 Å². The van der Waals surface area contributed by atoms with Crippen molar-refractivity contribution in [1.29, 1.82) is 5.26 Å². The van der Waals surface area contributed by atoms with E-state index in [4.69, 9.17) is 5.26 Å². The van der Waals surface area contributed by atoms with Gasteiger partial charge in [-0.2, -0.15) is 5.26 Å². The lowest BCUT2D eigenvalue weighted by molar-refractivity contribution is -0.130. The number of amides is 1. The Kier molecular flexibility index (Phi) is 5.94. The third-order valence-corrected chi connectivity index (χ3v) is 2.69. The summed E-state index contributed by atoms with van der Waals surface area (Å²) in [7, 11) is 0. The third kappa shape index (κ3) is 3.02. The minimum absolute atomic E-state index is 0.0191. The molecule has 0 spiro atoms. The molecule has 14 heavy (non-hydrogen) atoms. The lowest BCUT2D eigenvalue weighted by Gasteiger charge is -2.22. The van der Waals surface area contributed by atoms with Crippen molar-refractivity contribution in [3.8, 4) is 6.07 Å². The molecular weight excluding hydrogens is 176 g/mol. The largest absolute Gasteiger partial charge is 0.339 e. The van der Waals surface area contributed by atoms with Crippen molar-refractivity contribution in [2.45, 2.75) is 46.6 Å². The van der Waals surface area contributed by atoms with Crippen LogP contribution >= 0.6 is 0 Å². The maximum atomic E-state index is 11.3. The molecule has 3 nitrogen and oxygen atoms in total. The molecule has 2 unspecified atom stereocenters. The highest BCUT2D eigenvalue weighted by Gasteiger charge is 2.30. The number of carbonyl (C=O) groups excluding carboxylic acids is 1. The van der Waals surface area contributed by atoms with Gasteiger partial charge in [0.05, 0.1) is 6.07 Å². The number of nitriles is 1. The second-order valence-corrected chi connectivity index (χ2v) is 3.43. The molecule has 0 aromatic heterocycles. The lowest BCUT2D eigenvalue weighted by Crippen LogP contribution is -2.34. The van der Waals surface area contributed by atoms with E-state index in [1.165, 1.54) is 0 Å². The zero-order valence-electron chi connectivity index (χ0n) is 9.58. The molecule has 0 saturated carbocycles. The first kappa shape index (κ1) is 13.0. The van der Waals surface area contributed by atoms with E-state index >= 15 is 0 Å². The van der Waals surface area contributed by atoms with Crippen molar-refractivity contribution < 1.29 is 4.79 Å². The van der Waals surface area contributed by atoms with Crippen LogP contribution in [0, 0.1) is 17.2 Å². The summed E-state index contributed by atoms with van der Waals surface area (Å²) in [6.45, 7) is 9.01. The van der Waals surface area contributed by atoms with Crippen molar-refractivity contribution in [3.63, 3.8) is 0 Å². The van der Waals surface area contributed by atoms with E-state index < -0.39 is 0 Å². The highest BCUT2D eigenvalue weighted by molar-refractivity contribution is 5.78. The molecule has 0 aliphatic carbocycles. The summed E-state index contributed by atoms with van der Waals surface area (Å²) in [5, 5.41) is 8.35. The van der Waals surface area contributed by atoms with Crippen LogP contribution in [0.4, 0.5) is 0 Å². The number of likely N-dealkylation sites (tertiary alicyclic amines) is 1. The van der Waals surface area contributed by atoms with Gasteiger partial charge in [-0.05, 0) is 19.3 Å². The summed E-state index contributed by atoms with van der Waals surface area (Å²) in [6.07, 6.45) is 1.09. The number of hydrogen-bond donors (Lipinski definition) is 0. The molecule has 1 heterocycles. The summed E-state index contributed by atoms with van der Waals surface area (Å²) in [6, 6.07) is 2.20. The zero-order chi connectivity index (χ0) is 11.1. The molecular formula is C11H20N2O. The smallest absolute Gasteiger partial charge is 0.237 e. The maximum absolute atomic E-state index is 11.3. The van der Waals surface area contributed by atoms with Gasteiger partial charge in [0.2, 0.25) is 5.91 Å². The molecule has 1 aliphatic rings. The van der Waals surface area contributed by atoms with Gasteiger partial charge in [-0.25, -0.2) is 0 Å². The molecule has 1 rings (SSSR count). The lowest BCUT2D eigenvalue weighted by atomic mass is 10.1. The van der Waals surface area contributed by atoms with Gasteiger partial charge in [-0.15, -0.1) is 0 Å². The van der Waals surface area contributed by atoms with Crippen LogP contribution in [0.5, 0.6) is 0 Å². The van der Waals surface area contributed by atoms with Crippen LogP contribution in [-0.2, 0) is 4.79 Å². The standard InChI is InChI=1S/C9H14N2O.C2H6/c1-7-4-6-11(8(7)2)9(12)3-5-10;1-2/h7-8H,3-4,6H2,1-2H3;1-2H3.